The highest BCUT2D eigenvalue weighted by Crippen LogP contribution is 2.32. The van der Waals surface area contributed by atoms with Crippen LogP contribution in [0.3, 0.4) is 0 Å². The molecule has 0 aliphatic carbocycles. The Morgan fingerprint density at radius 3 is 2.62 bits per heavy atom. The lowest BCUT2D eigenvalue weighted by atomic mass is 9.80. The maximum atomic E-state index is 9.36. The van der Waals surface area contributed by atoms with Crippen LogP contribution in [-0.4, -0.2) is 32.0 Å². The van der Waals surface area contributed by atoms with Crippen molar-refractivity contribution >= 4 is 0 Å². The fourth-order valence-electron chi connectivity index (χ4n) is 2.12. The number of benzene rings is 1. The van der Waals surface area contributed by atoms with Crippen molar-refractivity contribution in [3.05, 3.63) is 29.3 Å². The van der Waals surface area contributed by atoms with Gasteiger partial charge in [-0.1, -0.05) is 12.1 Å². The lowest BCUT2D eigenvalue weighted by Crippen LogP contribution is -2.47. The van der Waals surface area contributed by atoms with Crippen LogP contribution >= 0.6 is 0 Å². The molecule has 1 aromatic carbocycles. The molecule has 0 atom stereocenters. The SMILES string of the molecule is COc1ccc(CC2(CO)COC2)cc1C. The molecule has 0 amide bonds. The maximum absolute atomic E-state index is 9.36. The van der Waals surface area contributed by atoms with Crippen LogP contribution in [0, 0.1) is 12.3 Å². The van der Waals surface area contributed by atoms with Crippen molar-refractivity contribution in [2.24, 2.45) is 5.41 Å². The zero-order valence-electron chi connectivity index (χ0n) is 9.82. The highest BCUT2D eigenvalue weighted by Gasteiger charge is 2.38. The Bertz CT molecular complexity index is 364. The summed E-state index contributed by atoms with van der Waals surface area (Å²) >= 11 is 0. The van der Waals surface area contributed by atoms with Crippen LogP contribution in [0.5, 0.6) is 5.75 Å². The van der Waals surface area contributed by atoms with Crippen molar-refractivity contribution in [3.8, 4) is 5.75 Å². The van der Waals surface area contributed by atoms with Crippen LogP contribution in [0.1, 0.15) is 11.1 Å². The van der Waals surface area contributed by atoms with Gasteiger partial charge in [-0.25, -0.2) is 0 Å². The Balaban J connectivity index is 2.13. The predicted molar refractivity (Wildman–Crippen MR) is 61.8 cm³/mol. The first kappa shape index (κ1) is 11.4. The molecule has 0 saturated carbocycles. The van der Waals surface area contributed by atoms with E-state index in [1.807, 2.05) is 13.0 Å². The number of rotatable bonds is 4. The summed E-state index contributed by atoms with van der Waals surface area (Å²) in [4.78, 5) is 0. The van der Waals surface area contributed by atoms with Crippen molar-refractivity contribution in [2.75, 3.05) is 26.9 Å². The Morgan fingerprint density at radius 1 is 1.44 bits per heavy atom. The molecule has 0 bridgehead atoms. The smallest absolute Gasteiger partial charge is 0.121 e. The first-order chi connectivity index (χ1) is 7.69. The predicted octanol–water partition coefficient (Wildman–Crippen LogP) is 1.56. The Kier molecular flexibility index (Phi) is 3.17. The van der Waals surface area contributed by atoms with Gasteiger partial charge in [0.15, 0.2) is 0 Å². The van der Waals surface area contributed by atoms with E-state index >= 15 is 0 Å². The third kappa shape index (κ3) is 2.06. The Labute approximate surface area is 96.0 Å². The maximum Gasteiger partial charge on any atom is 0.121 e. The largest absolute Gasteiger partial charge is 0.496 e. The van der Waals surface area contributed by atoms with Gasteiger partial charge in [-0.2, -0.15) is 0 Å². The first-order valence-corrected chi connectivity index (χ1v) is 5.51. The molecule has 1 aromatic rings. The Morgan fingerprint density at radius 2 is 2.19 bits per heavy atom. The summed E-state index contributed by atoms with van der Waals surface area (Å²) in [6, 6.07) is 6.16. The van der Waals surface area contributed by atoms with Crippen molar-refractivity contribution in [2.45, 2.75) is 13.3 Å². The van der Waals surface area contributed by atoms with E-state index < -0.39 is 0 Å². The number of ether oxygens (including phenoxy) is 2. The van der Waals surface area contributed by atoms with Crippen LogP contribution in [0.2, 0.25) is 0 Å². The van der Waals surface area contributed by atoms with Gasteiger partial charge < -0.3 is 14.6 Å². The van der Waals surface area contributed by atoms with Crippen molar-refractivity contribution in [3.63, 3.8) is 0 Å². The van der Waals surface area contributed by atoms with E-state index in [2.05, 4.69) is 12.1 Å². The second-order valence-corrected chi connectivity index (χ2v) is 4.63. The molecule has 1 aliphatic heterocycles. The average molecular weight is 222 g/mol. The molecule has 1 saturated heterocycles. The fourth-order valence-corrected chi connectivity index (χ4v) is 2.12. The molecular weight excluding hydrogens is 204 g/mol. The second-order valence-electron chi connectivity index (χ2n) is 4.63. The minimum Gasteiger partial charge on any atom is -0.496 e. The molecule has 0 unspecified atom stereocenters. The molecule has 1 N–H and O–H groups in total. The third-order valence-electron chi connectivity index (χ3n) is 3.19. The van der Waals surface area contributed by atoms with Gasteiger partial charge in [-0.05, 0) is 30.5 Å². The van der Waals surface area contributed by atoms with Crippen LogP contribution in [0.4, 0.5) is 0 Å². The highest BCUT2D eigenvalue weighted by molar-refractivity contribution is 5.36. The van der Waals surface area contributed by atoms with Gasteiger partial charge in [0.25, 0.3) is 0 Å². The normalized spacial score (nSPS) is 17.9. The van der Waals surface area contributed by atoms with Gasteiger partial charge in [0.1, 0.15) is 5.75 Å². The van der Waals surface area contributed by atoms with Gasteiger partial charge in [0, 0.05) is 5.41 Å². The summed E-state index contributed by atoms with van der Waals surface area (Å²) in [5, 5.41) is 9.36. The van der Waals surface area contributed by atoms with Crippen molar-refractivity contribution in [1.82, 2.24) is 0 Å². The van der Waals surface area contributed by atoms with Gasteiger partial charge in [-0.15, -0.1) is 0 Å². The summed E-state index contributed by atoms with van der Waals surface area (Å²) < 4.78 is 10.4. The van der Waals surface area contributed by atoms with E-state index in [4.69, 9.17) is 9.47 Å². The third-order valence-corrected chi connectivity index (χ3v) is 3.19. The van der Waals surface area contributed by atoms with Gasteiger partial charge in [-0.3, -0.25) is 0 Å². The standard InChI is InChI=1S/C13H18O3/c1-10-5-11(3-4-12(10)15-2)6-13(7-14)8-16-9-13/h3-5,14H,6-9H2,1-2H3. The molecule has 0 spiro atoms. The Hall–Kier alpha value is -1.06. The molecular formula is C13H18O3. The molecule has 88 valence electrons. The van der Waals surface area contributed by atoms with E-state index in [-0.39, 0.29) is 12.0 Å². The lowest BCUT2D eigenvalue weighted by Gasteiger charge is -2.40. The number of methoxy groups -OCH3 is 1. The van der Waals surface area contributed by atoms with Crippen LogP contribution in [0.15, 0.2) is 18.2 Å². The van der Waals surface area contributed by atoms with E-state index in [1.165, 1.54) is 5.56 Å². The molecule has 3 nitrogen and oxygen atoms in total. The molecule has 16 heavy (non-hydrogen) atoms. The van der Waals surface area contributed by atoms with Crippen LogP contribution in [0.25, 0.3) is 0 Å². The number of aryl methyl sites for hydroxylation is 1. The number of hydrogen-bond donors (Lipinski definition) is 1. The van der Waals surface area contributed by atoms with Gasteiger partial charge >= 0.3 is 0 Å². The number of hydrogen-bond acceptors (Lipinski definition) is 3. The molecule has 2 rings (SSSR count). The lowest BCUT2D eigenvalue weighted by molar-refractivity contribution is -0.136. The quantitative estimate of drug-likeness (QED) is 0.840. The summed E-state index contributed by atoms with van der Waals surface area (Å²) in [6.07, 6.45) is 0.869. The topological polar surface area (TPSA) is 38.7 Å². The second kappa shape index (κ2) is 4.44. The first-order valence-electron chi connectivity index (χ1n) is 5.51. The monoisotopic (exact) mass is 222 g/mol. The molecule has 0 radical (unpaired) electrons. The summed E-state index contributed by atoms with van der Waals surface area (Å²) in [5.41, 5.74) is 2.31. The minimum absolute atomic E-state index is 0.0545. The minimum atomic E-state index is -0.0545. The zero-order chi connectivity index (χ0) is 11.6. The van der Waals surface area contributed by atoms with Crippen molar-refractivity contribution < 1.29 is 14.6 Å². The fraction of sp³-hybridized carbons (Fsp3) is 0.538. The van der Waals surface area contributed by atoms with E-state index in [0.717, 1.165) is 17.7 Å². The number of aliphatic hydroxyl groups is 1. The molecule has 1 aliphatic rings. The van der Waals surface area contributed by atoms with Crippen LogP contribution < -0.4 is 4.74 Å². The van der Waals surface area contributed by atoms with E-state index in [0.29, 0.717) is 13.2 Å². The molecule has 1 heterocycles. The van der Waals surface area contributed by atoms with Gasteiger partial charge in [0.2, 0.25) is 0 Å². The summed E-state index contributed by atoms with van der Waals surface area (Å²) in [7, 11) is 1.68. The average Bonchev–Trinajstić information content (AvgIpc) is 2.24. The van der Waals surface area contributed by atoms with E-state index in [1.54, 1.807) is 7.11 Å². The van der Waals surface area contributed by atoms with Crippen molar-refractivity contribution in [1.29, 1.82) is 0 Å². The molecule has 3 heteroatoms. The highest BCUT2D eigenvalue weighted by atomic mass is 16.5. The molecule has 0 aromatic heterocycles. The van der Waals surface area contributed by atoms with Crippen LogP contribution in [-0.2, 0) is 11.2 Å². The zero-order valence-corrected chi connectivity index (χ0v) is 9.82. The molecule has 1 fully saturated rings. The summed E-state index contributed by atoms with van der Waals surface area (Å²) in [5.74, 6) is 0.909. The summed E-state index contributed by atoms with van der Waals surface area (Å²) in [6.45, 7) is 3.55. The van der Waals surface area contributed by atoms with E-state index in [9.17, 15) is 5.11 Å². The number of aliphatic hydroxyl groups excluding tert-OH is 1. The van der Waals surface area contributed by atoms with Gasteiger partial charge in [0.05, 0.1) is 26.9 Å².